The summed E-state index contributed by atoms with van der Waals surface area (Å²) >= 11 is 0. The molecule has 436 valence electrons. The third kappa shape index (κ3) is 43.4. The van der Waals surface area contributed by atoms with Crippen molar-refractivity contribution in [2.24, 2.45) is 0 Å². The van der Waals surface area contributed by atoms with Gasteiger partial charge in [0.1, 0.15) is 24.4 Å². The zero-order valence-electron chi connectivity index (χ0n) is 48.6. The normalized spacial score (nSPS) is 19.1. The first-order valence-corrected chi connectivity index (χ1v) is 32.2. The van der Waals surface area contributed by atoms with Gasteiger partial charge in [0, 0.05) is 6.42 Å². The summed E-state index contributed by atoms with van der Waals surface area (Å²) in [6, 6.07) is -0.821. The first-order valence-electron chi connectivity index (χ1n) is 32.2. The van der Waals surface area contributed by atoms with Crippen LogP contribution < -0.4 is 5.32 Å². The third-order valence-corrected chi connectivity index (χ3v) is 15.4. The Morgan fingerprint density at radius 3 is 1.14 bits per heavy atom. The van der Waals surface area contributed by atoms with Crippen molar-refractivity contribution < 1.29 is 39.8 Å². The Hall–Kier alpha value is -1.59. The van der Waals surface area contributed by atoms with Gasteiger partial charge >= 0.3 is 0 Å². The Morgan fingerprint density at radius 2 is 0.770 bits per heavy atom. The quantitative estimate of drug-likeness (QED) is 0.0261. The average Bonchev–Trinajstić information content (AvgIpc) is 3.40. The van der Waals surface area contributed by atoms with Crippen LogP contribution >= 0.6 is 0 Å². The molecule has 1 saturated heterocycles. The fraction of sp³-hybridized carbons (Fsp3) is 0.892. The van der Waals surface area contributed by atoms with Crippen LogP contribution in [0.2, 0.25) is 0 Å². The molecule has 0 aromatic rings. The number of hydrogen-bond acceptors (Lipinski definition) is 8. The van der Waals surface area contributed by atoms with E-state index in [-0.39, 0.29) is 12.5 Å². The summed E-state index contributed by atoms with van der Waals surface area (Å²) in [5.41, 5.74) is 0. The van der Waals surface area contributed by atoms with Gasteiger partial charge in [0.15, 0.2) is 6.29 Å². The first-order chi connectivity index (χ1) is 36.3. The molecule has 9 nitrogen and oxygen atoms in total. The lowest BCUT2D eigenvalue weighted by molar-refractivity contribution is -0.302. The van der Waals surface area contributed by atoms with Gasteiger partial charge in [0.05, 0.1) is 25.4 Å². The van der Waals surface area contributed by atoms with Gasteiger partial charge < -0.3 is 40.3 Å². The zero-order chi connectivity index (χ0) is 53.6. The van der Waals surface area contributed by atoms with Gasteiger partial charge in [-0.25, -0.2) is 0 Å². The van der Waals surface area contributed by atoms with E-state index in [0.717, 1.165) is 38.5 Å². The molecule has 1 fully saturated rings. The number of rotatable bonds is 56. The summed E-state index contributed by atoms with van der Waals surface area (Å²) in [4.78, 5) is 13.1. The van der Waals surface area contributed by atoms with Crippen molar-refractivity contribution >= 4 is 5.91 Å². The fourth-order valence-corrected chi connectivity index (χ4v) is 10.3. The summed E-state index contributed by atoms with van der Waals surface area (Å²) in [5, 5.41) is 54.6. The van der Waals surface area contributed by atoms with Crippen molar-refractivity contribution in [3.8, 4) is 0 Å². The van der Waals surface area contributed by atoms with Crippen molar-refractivity contribution in [1.29, 1.82) is 0 Å². The van der Waals surface area contributed by atoms with Crippen LogP contribution in [0.25, 0.3) is 0 Å². The van der Waals surface area contributed by atoms with Crippen molar-refractivity contribution in [3.63, 3.8) is 0 Å². The maximum absolute atomic E-state index is 13.1. The fourth-order valence-electron chi connectivity index (χ4n) is 10.3. The van der Waals surface area contributed by atoms with Crippen LogP contribution in [-0.2, 0) is 14.3 Å². The monoisotopic (exact) mass is 1050 g/mol. The Morgan fingerprint density at radius 1 is 0.446 bits per heavy atom. The highest BCUT2D eigenvalue weighted by atomic mass is 16.7. The van der Waals surface area contributed by atoms with E-state index in [0.29, 0.717) is 6.42 Å². The van der Waals surface area contributed by atoms with Gasteiger partial charge in [-0.3, -0.25) is 4.79 Å². The minimum Gasteiger partial charge on any atom is -0.394 e. The second-order valence-electron chi connectivity index (χ2n) is 22.5. The second-order valence-corrected chi connectivity index (χ2v) is 22.5. The van der Waals surface area contributed by atoms with Crippen LogP contribution in [0.5, 0.6) is 0 Å². The zero-order valence-corrected chi connectivity index (χ0v) is 48.6. The number of carbonyl (C=O) groups is 1. The van der Waals surface area contributed by atoms with Crippen molar-refractivity contribution in [3.05, 3.63) is 36.5 Å². The van der Waals surface area contributed by atoms with Gasteiger partial charge in [-0.15, -0.1) is 0 Å². The van der Waals surface area contributed by atoms with Crippen molar-refractivity contribution in [2.75, 3.05) is 13.2 Å². The second kappa shape index (κ2) is 54.8. The number of nitrogens with one attached hydrogen (secondary N) is 1. The molecule has 0 radical (unpaired) electrons. The topological polar surface area (TPSA) is 149 Å². The molecule has 0 spiro atoms. The minimum atomic E-state index is -1.57. The standard InChI is InChI=1S/C65H123NO8/c1-3-5-7-9-11-13-15-17-19-21-23-24-25-26-27-28-29-30-31-32-33-34-35-36-37-39-41-43-45-47-49-51-53-55-61(69)66-58(57-73-65-64(72)63(71)62(70)60(56-67)74-65)59(68)54-52-50-48-46-44-42-40-38-22-20-18-16-14-12-10-8-6-4-2/h26-27,44,46,52,54,58-60,62-65,67-68,70-72H,3-25,28-43,45,47-51,53,55-57H2,1-2H3,(H,66,69)/b27-26-,46-44+,54-52+. The number of allylic oxidation sites excluding steroid dienone is 5. The summed E-state index contributed by atoms with van der Waals surface area (Å²) in [5.74, 6) is -0.181. The number of aliphatic hydroxyl groups is 5. The van der Waals surface area contributed by atoms with Crippen molar-refractivity contribution in [1.82, 2.24) is 5.32 Å². The summed E-state index contributed by atoms with van der Waals surface area (Å²) in [6.07, 6.45) is 65.3. The average molecular weight is 1050 g/mol. The molecule has 0 aromatic carbocycles. The van der Waals surface area contributed by atoms with E-state index in [1.807, 2.05) is 6.08 Å². The molecule has 74 heavy (non-hydrogen) atoms. The SMILES string of the molecule is CCCCCCCCCCCCCC/C=C\CCCCCCCCCCCCCCCCCCCC(=O)NC(COC1OC(CO)C(O)C(O)C1O)C(O)/C=C/CC/C=C/CCCCCCCCCCCCCC. The Labute approximate surface area is 457 Å². The number of carbonyl (C=O) groups excluding carboxylic acids is 1. The molecule has 1 aliphatic heterocycles. The van der Waals surface area contributed by atoms with E-state index < -0.39 is 49.5 Å². The maximum atomic E-state index is 13.1. The van der Waals surface area contributed by atoms with E-state index in [1.165, 1.54) is 257 Å². The lowest BCUT2D eigenvalue weighted by Crippen LogP contribution is -2.60. The predicted molar refractivity (Wildman–Crippen MR) is 313 cm³/mol. The van der Waals surface area contributed by atoms with Crippen LogP contribution in [0.3, 0.4) is 0 Å². The molecule has 0 bridgehead atoms. The molecule has 1 amide bonds. The Balaban J connectivity index is 2.13. The van der Waals surface area contributed by atoms with Crippen LogP contribution in [-0.4, -0.2) is 87.5 Å². The lowest BCUT2D eigenvalue weighted by Gasteiger charge is -2.40. The Kier molecular flexibility index (Phi) is 52.1. The van der Waals surface area contributed by atoms with E-state index in [4.69, 9.17) is 9.47 Å². The van der Waals surface area contributed by atoms with Crippen molar-refractivity contribution in [2.45, 2.75) is 358 Å². The predicted octanol–water partition coefficient (Wildman–Crippen LogP) is 16.7. The third-order valence-electron chi connectivity index (χ3n) is 15.4. The first kappa shape index (κ1) is 70.4. The molecule has 7 unspecified atom stereocenters. The van der Waals surface area contributed by atoms with Crippen LogP contribution in [0.15, 0.2) is 36.5 Å². The minimum absolute atomic E-state index is 0.181. The van der Waals surface area contributed by atoms with Gasteiger partial charge in [0.25, 0.3) is 0 Å². The summed E-state index contributed by atoms with van der Waals surface area (Å²) in [6.45, 7) is 3.80. The molecule has 1 aliphatic rings. The van der Waals surface area contributed by atoms with E-state index >= 15 is 0 Å². The number of unbranched alkanes of at least 4 members (excludes halogenated alkanes) is 42. The largest absolute Gasteiger partial charge is 0.394 e. The molecule has 0 saturated carbocycles. The number of hydrogen-bond donors (Lipinski definition) is 6. The van der Waals surface area contributed by atoms with Crippen LogP contribution in [0.1, 0.15) is 316 Å². The lowest BCUT2D eigenvalue weighted by atomic mass is 9.99. The highest BCUT2D eigenvalue weighted by Gasteiger charge is 2.44. The maximum Gasteiger partial charge on any atom is 0.220 e. The van der Waals surface area contributed by atoms with Gasteiger partial charge in [0.2, 0.25) is 5.91 Å². The molecule has 7 atom stereocenters. The molecule has 1 rings (SSSR count). The van der Waals surface area contributed by atoms with Crippen LogP contribution in [0.4, 0.5) is 0 Å². The smallest absolute Gasteiger partial charge is 0.220 e. The van der Waals surface area contributed by atoms with E-state index in [1.54, 1.807) is 6.08 Å². The highest BCUT2D eigenvalue weighted by Crippen LogP contribution is 2.23. The number of amides is 1. The summed E-state index contributed by atoms with van der Waals surface area (Å²) in [7, 11) is 0. The van der Waals surface area contributed by atoms with E-state index in [2.05, 4.69) is 43.5 Å². The summed E-state index contributed by atoms with van der Waals surface area (Å²) < 4.78 is 11.3. The molecular weight excluding hydrogens is 923 g/mol. The molecule has 1 heterocycles. The molecule has 6 N–H and O–H groups in total. The molecule has 0 aliphatic carbocycles. The van der Waals surface area contributed by atoms with E-state index in [9.17, 15) is 30.3 Å². The van der Waals surface area contributed by atoms with Gasteiger partial charge in [-0.1, -0.05) is 288 Å². The van der Waals surface area contributed by atoms with Gasteiger partial charge in [-0.05, 0) is 57.8 Å². The Bertz CT molecular complexity index is 1260. The highest BCUT2D eigenvalue weighted by molar-refractivity contribution is 5.76. The van der Waals surface area contributed by atoms with Crippen LogP contribution in [0, 0.1) is 0 Å². The van der Waals surface area contributed by atoms with Gasteiger partial charge in [-0.2, -0.15) is 0 Å². The molecule has 9 heteroatoms. The number of ether oxygens (including phenoxy) is 2. The molecular formula is C65H123NO8. The number of aliphatic hydroxyl groups excluding tert-OH is 5. The molecule has 0 aromatic heterocycles.